The van der Waals surface area contributed by atoms with Gasteiger partial charge in [0.15, 0.2) is 0 Å². The number of carbonyl (C=O) groups excluding carboxylic acids is 2. The van der Waals surface area contributed by atoms with E-state index in [-0.39, 0.29) is 11.8 Å². The lowest BCUT2D eigenvalue weighted by atomic mass is 10.1. The molecule has 0 spiro atoms. The van der Waals surface area contributed by atoms with Gasteiger partial charge in [0.05, 0.1) is 4.48 Å². The molecule has 0 N–H and O–H groups in total. The lowest BCUT2D eigenvalue weighted by Gasteiger charge is -2.21. The van der Waals surface area contributed by atoms with Crippen molar-refractivity contribution in [1.29, 1.82) is 0 Å². The molecule has 0 aromatic heterocycles. The molecule has 4 heteroatoms. The lowest BCUT2D eigenvalue weighted by Crippen LogP contribution is -2.38. The summed E-state index contributed by atoms with van der Waals surface area (Å²) in [5.74, 6) is -0.555. The van der Waals surface area contributed by atoms with Crippen LogP contribution in [0.4, 0.5) is 0 Å². The maximum absolute atomic E-state index is 12.0. The molecular weight excluding hydrogens is 306 g/mol. The van der Waals surface area contributed by atoms with Gasteiger partial charge >= 0.3 is 0 Å². The minimum absolute atomic E-state index is 0.273. The fourth-order valence-electron chi connectivity index (χ4n) is 1.78. The predicted octanol–water partition coefficient (Wildman–Crippen LogP) is 3.05. The van der Waals surface area contributed by atoms with Crippen LogP contribution in [-0.4, -0.2) is 23.3 Å². The molecule has 0 unspecified atom stereocenters. The molecule has 1 aliphatic heterocycles. The molecule has 0 saturated heterocycles. The van der Waals surface area contributed by atoms with Gasteiger partial charge in [-0.2, -0.15) is 0 Å². The second-order valence-electron chi connectivity index (χ2n) is 4.38. The predicted molar refractivity (Wildman–Crippen MR) is 78.6 cm³/mol. The fourth-order valence-corrected chi connectivity index (χ4v) is 2.23. The quantitative estimate of drug-likeness (QED) is 0.786. The number of nitrogens with zero attached hydrogens (tertiary/aromatic N) is 1. The minimum atomic E-state index is -0.282. The molecule has 0 atom stereocenters. The molecule has 1 aromatic carbocycles. The molecule has 1 heterocycles. The highest BCUT2D eigenvalue weighted by Gasteiger charge is 2.24. The first-order chi connectivity index (χ1) is 9.08. The molecule has 2 amide bonds. The Labute approximate surface area is 120 Å². The van der Waals surface area contributed by atoms with E-state index < -0.39 is 0 Å². The summed E-state index contributed by atoms with van der Waals surface area (Å²) in [6.45, 7) is 2.44. The van der Waals surface area contributed by atoms with Crippen LogP contribution >= 0.6 is 15.9 Å². The van der Waals surface area contributed by atoms with Crippen LogP contribution in [0.3, 0.4) is 0 Å². The van der Waals surface area contributed by atoms with E-state index in [1.54, 1.807) is 12.2 Å². The van der Waals surface area contributed by atoms with E-state index in [9.17, 15) is 9.59 Å². The summed E-state index contributed by atoms with van der Waals surface area (Å²) in [7, 11) is 0. The first-order valence-corrected chi connectivity index (χ1v) is 6.83. The van der Waals surface area contributed by atoms with Gasteiger partial charge in [0.1, 0.15) is 0 Å². The van der Waals surface area contributed by atoms with Crippen LogP contribution in [0.2, 0.25) is 0 Å². The Kier molecular flexibility index (Phi) is 4.32. The van der Waals surface area contributed by atoms with Crippen molar-refractivity contribution in [2.75, 3.05) is 6.54 Å². The zero-order chi connectivity index (χ0) is 13.8. The van der Waals surface area contributed by atoms with Crippen molar-refractivity contribution >= 4 is 33.8 Å². The Bertz CT molecular complexity index is 558. The minimum Gasteiger partial charge on any atom is -0.274 e. The molecule has 0 saturated carbocycles. The number of rotatable bonds is 2. The van der Waals surface area contributed by atoms with Gasteiger partial charge in [-0.1, -0.05) is 35.9 Å². The number of amides is 2. The summed E-state index contributed by atoms with van der Waals surface area (Å²) >= 11 is 3.16. The number of aryl methyl sites for hydroxylation is 1. The average Bonchev–Trinajstić information content (AvgIpc) is 2.41. The van der Waals surface area contributed by atoms with Gasteiger partial charge < -0.3 is 0 Å². The van der Waals surface area contributed by atoms with E-state index in [0.29, 0.717) is 17.4 Å². The monoisotopic (exact) mass is 319 g/mol. The summed E-state index contributed by atoms with van der Waals surface area (Å²) in [6, 6.07) is 7.84. The SMILES string of the molecule is Cc1ccc(/C=C/C(=O)N2CCC=C(Br)C2=O)cc1. The first-order valence-electron chi connectivity index (χ1n) is 6.04. The normalized spacial score (nSPS) is 15.8. The number of halogens is 1. The highest BCUT2D eigenvalue weighted by molar-refractivity contribution is 9.12. The smallest absolute Gasteiger partial charge is 0.267 e. The number of hydrogen-bond donors (Lipinski definition) is 0. The third-order valence-corrected chi connectivity index (χ3v) is 3.55. The summed E-state index contributed by atoms with van der Waals surface area (Å²) in [5, 5.41) is 0. The first kappa shape index (κ1) is 13.7. The Morgan fingerprint density at radius 3 is 2.68 bits per heavy atom. The van der Waals surface area contributed by atoms with Crippen molar-refractivity contribution in [2.45, 2.75) is 13.3 Å². The van der Waals surface area contributed by atoms with Gasteiger partial charge in [-0.3, -0.25) is 14.5 Å². The van der Waals surface area contributed by atoms with Crippen molar-refractivity contribution in [3.63, 3.8) is 0 Å². The molecule has 0 aliphatic carbocycles. The van der Waals surface area contributed by atoms with Crippen LogP contribution < -0.4 is 0 Å². The highest BCUT2D eigenvalue weighted by Crippen LogP contribution is 2.17. The zero-order valence-corrected chi connectivity index (χ0v) is 12.2. The van der Waals surface area contributed by atoms with Crippen molar-refractivity contribution in [2.24, 2.45) is 0 Å². The van der Waals surface area contributed by atoms with Crippen molar-refractivity contribution in [3.8, 4) is 0 Å². The number of hydrogen-bond acceptors (Lipinski definition) is 2. The van der Waals surface area contributed by atoms with Gasteiger partial charge in [0.2, 0.25) is 0 Å². The molecule has 2 rings (SSSR count). The fraction of sp³-hybridized carbons (Fsp3) is 0.200. The summed E-state index contributed by atoms with van der Waals surface area (Å²) in [5.41, 5.74) is 2.11. The van der Waals surface area contributed by atoms with Gasteiger partial charge in [-0.25, -0.2) is 0 Å². The molecule has 1 aromatic rings. The Hall–Kier alpha value is -1.68. The van der Waals surface area contributed by atoms with E-state index in [2.05, 4.69) is 15.9 Å². The third-order valence-electron chi connectivity index (χ3n) is 2.89. The van der Waals surface area contributed by atoms with Crippen LogP contribution in [0.5, 0.6) is 0 Å². The summed E-state index contributed by atoms with van der Waals surface area (Å²) in [4.78, 5) is 25.0. The second-order valence-corrected chi connectivity index (χ2v) is 5.23. The molecule has 0 bridgehead atoms. The number of imide groups is 1. The van der Waals surface area contributed by atoms with Crippen LogP contribution in [0.1, 0.15) is 17.5 Å². The molecule has 19 heavy (non-hydrogen) atoms. The maximum Gasteiger partial charge on any atom is 0.267 e. The third kappa shape index (κ3) is 3.41. The van der Waals surface area contributed by atoms with Crippen LogP contribution in [0.25, 0.3) is 6.08 Å². The van der Waals surface area contributed by atoms with E-state index in [1.807, 2.05) is 31.2 Å². The molecular formula is C15H14BrNO2. The van der Waals surface area contributed by atoms with Gasteiger partial charge in [0, 0.05) is 12.6 Å². The van der Waals surface area contributed by atoms with E-state index in [1.165, 1.54) is 16.5 Å². The Morgan fingerprint density at radius 2 is 2.00 bits per heavy atom. The Morgan fingerprint density at radius 1 is 1.32 bits per heavy atom. The van der Waals surface area contributed by atoms with E-state index in [0.717, 1.165) is 5.56 Å². The van der Waals surface area contributed by atoms with Crippen molar-refractivity contribution < 1.29 is 9.59 Å². The largest absolute Gasteiger partial charge is 0.274 e. The standard InChI is InChI=1S/C15H14BrNO2/c1-11-4-6-12(7-5-11)8-9-14(18)17-10-2-3-13(16)15(17)19/h3-9H,2,10H2,1H3/b9-8+. The van der Waals surface area contributed by atoms with Crippen molar-refractivity contribution in [1.82, 2.24) is 4.90 Å². The average molecular weight is 320 g/mol. The van der Waals surface area contributed by atoms with Crippen molar-refractivity contribution in [3.05, 3.63) is 52.0 Å². The van der Waals surface area contributed by atoms with E-state index >= 15 is 0 Å². The molecule has 98 valence electrons. The molecule has 0 radical (unpaired) electrons. The molecule has 3 nitrogen and oxygen atoms in total. The topological polar surface area (TPSA) is 37.4 Å². The maximum atomic E-state index is 12.0. The van der Waals surface area contributed by atoms with Gasteiger partial charge in [-0.05, 0) is 40.9 Å². The van der Waals surface area contributed by atoms with E-state index in [4.69, 9.17) is 0 Å². The van der Waals surface area contributed by atoms with Crippen LogP contribution in [-0.2, 0) is 9.59 Å². The lowest BCUT2D eigenvalue weighted by molar-refractivity contribution is -0.139. The number of carbonyl (C=O) groups is 2. The highest BCUT2D eigenvalue weighted by atomic mass is 79.9. The second kappa shape index (κ2) is 5.97. The Balaban J connectivity index is 2.07. The van der Waals surface area contributed by atoms with Crippen LogP contribution in [0.15, 0.2) is 40.9 Å². The summed E-state index contributed by atoms with van der Waals surface area (Å²) < 4.78 is 0.454. The summed E-state index contributed by atoms with van der Waals surface area (Å²) in [6.07, 6.45) is 5.64. The molecule has 1 aliphatic rings. The molecule has 0 fully saturated rings. The van der Waals surface area contributed by atoms with Gasteiger partial charge in [-0.15, -0.1) is 0 Å². The van der Waals surface area contributed by atoms with Gasteiger partial charge in [0.25, 0.3) is 11.8 Å². The van der Waals surface area contributed by atoms with Crippen LogP contribution in [0, 0.1) is 6.92 Å². The zero-order valence-electron chi connectivity index (χ0n) is 10.6. The number of benzene rings is 1.